The molecule has 0 aromatic heterocycles. The van der Waals surface area contributed by atoms with E-state index in [1.807, 2.05) is 12.1 Å². The monoisotopic (exact) mass is 256 g/mol. The van der Waals surface area contributed by atoms with Crippen LogP contribution in [0.1, 0.15) is 50.2 Å². The highest BCUT2D eigenvalue weighted by Gasteiger charge is 2.50. The molecule has 0 bridgehead atoms. The average molecular weight is 256 g/mol. The summed E-state index contributed by atoms with van der Waals surface area (Å²) in [5.74, 6) is 0.443. The fourth-order valence-electron chi connectivity index (χ4n) is 2.07. The zero-order chi connectivity index (χ0) is 13.9. The Morgan fingerprint density at radius 2 is 2.05 bits per heavy atom. The smallest absolute Gasteiger partial charge is 0.240 e. The van der Waals surface area contributed by atoms with Crippen molar-refractivity contribution in [3.05, 3.63) is 35.4 Å². The van der Waals surface area contributed by atoms with Gasteiger partial charge in [-0.25, -0.2) is 0 Å². The SMILES string of the molecule is CCC(C)c1ccc(CNC(=O)C2(C#N)CC2)cc1. The first-order valence-corrected chi connectivity index (χ1v) is 6.89. The third-order valence-electron chi connectivity index (χ3n) is 4.01. The van der Waals surface area contributed by atoms with Gasteiger partial charge in [-0.05, 0) is 36.3 Å². The van der Waals surface area contributed by atoms with Gasteiger partial charge in [-0.3, -0.25) is 4.79 Å². The van der Waals surface area contributed by atoms with Crippen LogP contribution in [0.4, 0.5) is 0 Å². The topological polar surface area (TPSA) is 52.9 Å². The highest BCUT2D eigenvalue weighted by Crippen LogP contribution is 2.44. The molecule has 100 valence electrons. The first-order chi connectivity index (χ1) is 9.11. The molecule has 1 aromatic carbocycles. The molecule has 1 aliphatic rings. The highest BCUT2D eigenvalue weighted by molar-refractivity contribution is 5.88. The third kappa shape index (κ3) is 2.96. The standard InChI is InChI=1S/C16H20N2O/c1-3-12(2)14-6-4-13(5-7-14)10-18-15(19)16(11-17)8-9-16/h4-7,12H,3,8-10H2,1-2H3,(H,18,19). The fourth-order valence-corrected chi connectivity index (χ4v) is 2.07. The van der Waals surface area contributed by atoms with E-state index in [2.05, 4.69) is 37.4 Å². The lowest BCUT2D eigenvalue weighted by molar-refractivity contribution is -0.124. The average Bonchev–Trinajstić information content (AvgIpc) is 3.25. The van der Waals surface area contributed by atoms with Crippen molar-refractivity contribution in [2.75, 3.05) is 0 Å². The number of hydrogen-bond donors (Lipinski definition) is 1. The molecule has 3 nitrogen and oxygen atoms in total. The predicted octanol–water partition coefficient (Wildman–Crippen LogP) is 3.12. The zero-order valence-corrected chi connectivity index (χ0v) is 11.6. The molecule has 1 atom stereocenters. The number of amides is 1. The van der Waals surface area contributed by atoms with Crippen LogP contribution in [0.5, 0.6) is 0 Å². The molecule has 1 aromatic rings. The number of nitrogens with zero attached hydrogens (tertiary/aromatic N) is 1. The van der Waals surface area contributed by atoms with Crippen molar-refractivity contribution >= 4 is 5.91 Å². The number of nitriles is 1. The molecule has 1 saturated carbocycles. The summed E-state index contributed by atoms with van der Waals surface area (Å²) in [5, 5.41) is 11.8. The van der Waals surface area contributed by atoms with Gasteiger partial charge in [-0.1, -0.05) is 38.1 Å². The van der Waals surface area contributed by atoms with Gasteiger partial charge in [0, 0.05) is 6.54 Å². The lowest BCUT2D eigenvalue weighted by Crippen LogP contribution is -2.30. The minimum atomic E-state index is -0.726. The molecule has 1 fully saturated rings. The summed E-state index contributed by atoms with van der Waals surface area (Å²) >= 11 is 0. The van der Waals surface area contributed by atoms with Gasteiger partial charge in [0.1, 0.15) is 5.41 Å². The minimum Gasteiger partial charge on any atom is -0.351 e. The zero-order valence-electron chi connectivity index (χ0n) is 11.6. The summed E-state index contributed by atoms with van der Waals surface area (Å²) in [4.78, 5) is 11.8. The second-order valence-corrected chi connectivity index (χ2v) is 5.43. The fraction of sp³-hybridized carbons (Fsp3) is 0.500. The van der Waals surface area contributed by atoms with Gasteiger partial charge in [0.2, 0.25) is 5.91 Å². The van der Waals surface area contributed by atoms with Crippen molar-refractivity contribution in [3.8, 4) is 6.07 Å². The lowest BCUT2D eigenvalue weighted by atomic mass is 9.97. The lowest BCUT2D eigenvalue weighted by Gasteiger charge is -2.11. The maximum absolute atomic E-state index is 11.8. The molecule has 2 rings (SSSR count). The number of carbonyl (C=O) groups is 1. The molecule has 1 N–H and O–H groups in total. The van der Waals surface area contributed by atoms with Crippen LogP contribution in [-0.4, -0.2) is 5.91 Å². The second-order valence-electron chi connectivity index (χ2n) is 5.43. The highest BCUT2D eigenvalue weighted by atomic mass is 16.2. The van der Waals surface area contributed by atoms with Gasteiger partial charge < -0.3 is 5.32 Å². The van der Waals surface area contributed by atoms with Crippen LogP contribution in [0.3, 0.4) is 0 Å². The largest absolute Gasteiger partial charge is 0.351 e. The van der Waals surface area contributed by atoms with E-state index in [1.54, 1.807) is 0 Å². The quantitative estimate of drug-likeness (QED) is 0.880. The minimum absolute atomic E-state index is 0.124. The maximum Gasteiger partial charge on any atom is 0.240 e. The first kappa shape index (κ1) is 13.6. The molecule has 1 unspecified atom stereocenters. The van der Waals surface area contributed by atoms with Gasteiger partial charge in [-0.15, -0.1) is 0 Å². The molecule has 0 aliphatic heterocycles. The van der Waals surface area contributed by atoms with E-state index in [9.17, 15) is 4.79 Å². The summed E-state index contributed by atoms with van der Waals surface area (Å²) in [6, 6.07) is 10.4. The van der Waals surface area contributed by atoms with Crippen LogP contribution in [-0.2, 0) is 11.3 Å². The molecule has 19 heavy (non-hydrogen) atoms. The predicted molar refractivity (Wildman–Crippen MR) is 74.3 cm³/mol. The Bertz CT molecular complexity index is 494. The van der Waals surface area contributed by atoms with Gasteiger partial charge >= 0.3 is 0 Å². The van der Waals surface area contributed by atoms with Crippen LogP contribution >= 0.6 is 0 Å². The molecule has 1 amide bonds. The van der Waals surface area contributed by atoms with Crippen molar-refractivity contribution in [1.29, 1.82) is 5.26 Å². The number of carbonyl (C=O) groups excluding carboxylic acids is 1. The van der Waals surface area contributed by atoms with Crippen LogP contribution in [0, 0.1) is 16.7 Å². The molecule has 0 spiro atoms. The molecular formula is C16H20N2O. The summed E-state index contributed by atoms with van der Waals surface area (Å²) in [5.41, 5.74) is 1.68. The van der Waals surface area contributed by atoms with E-state index < -0.39 is 5.41 Å². The van der Waals surface area contributed by atoms with E-state index in [4.69, 9.17) is 5.26 Å². The summed E-state index contributed by atoms with van der Waals surface area (Å²) < 4.78 is 0. The Balaban J connectivity index is 1.90. The third-order valence-corrected chi connectivity index (χ3v) is 4.01. The number of hydrogen-bond acceptors (Lipinski definition) is 2. The molecule has 0 radical (unpaired) electrons. The molecule has 1 aliphatic carbocycles. The molecular weight excluding hydrogens is 236 g/mol. The molecule has 3 heteroatoms. The van der Waals surface area contributed by atoms with Crippen molar-refractivity contribution in [1.82, 2.24) is 5.32 Å². The Kier molecular flexibility index (Phi) is 3.90. The van der Waals surface area contributed by atoms with E-state index in [0.29, 0.717) is 25.3 Å². The maximum atomic E-state index is 11.8. The van der Waals surface area contributed by atoms with Gasteiger partial charge in [0.25, 0.3) is 0 Å². The van der Waals surface area contributed by atoms with Crippen LogP contribution < -0.4 is 5.32 Å². The summed E-state index contributed by atoms with van der Waals surface area (Å²) in [6.07, 6.45) is 2.52. The van der Waals surface area contributed by atoms with E-state index >= 15 is 0 Å². The van der Waals surface area contributed by atoms with Gasteiger partial charge in [0.15, 0.2) is 0 Å². The number of nitrogens with one attached hydrogen (secondary N) is 1. The van der Waals surface area contributed by atoms with Gasteiger partial charge in [-0.2, -0.15) is 5.26 Å². The van der Waals surface area contributed by atoms with Crippen LogP contribution in [0.25, 0.3) is 0 Å². The van der Waals surface area contributed by atoms with Crippen molar-refractivity contribution < 1.29 is 4.79 Å². The van der Waals surface area contributed by atoms with Crippen molar-refractivity contribution in [2.45, 2.75) is 45.6 Å². The molecule has 0 saturated heterocycles. The van der Waals surface area contributed by atoms with Gasteiger partial charge in [0.05, 0.1) is 6.07 Å². The Labute approximate surface area is 114 Å². The van der Waals surface area contributed by atoms with Crippen LogP contribution in [0.2, 0.25) is 0 Å². The van der Waals surface area contributed by atoms with Crippen LogP contribution in [0.15, 0.2) is 24.3 Å². The second kappa shape index (κ2) is 5.44. The normalized spacial score (nSPS) is 17.3. The number of rotatable bonds is 5. The molecule has 0 heterocycles. The van der Waals surface area contributed by atoms with Crippen molar-refractivity contribution in [2.24, 2.45) is 5.41 Å². The van der Waals surface area contributed by atoms with E-state index in [-0.39, 0.29) is 5.91 Å². The Morgan fingerprint density at radius 3 is 2.53 bits per heavy atom. The van der Waals surface area contributed by atoms with Crippen molar-refractivity contribution in [3.63, 3.8) is 0 Å². The van der Waals surface area contributed by atoms with E-state index in [0.717, 1.165) is 12.0 Å². The summed E-state index contributed by atoms with van der Waals surface area (Å²) in [6.45, 7) is 4.89. The summed E-state index contributed by atoms with van der Waals surface area (Å²) in [7, 11) is 0. The Hall–Kier alpha value is -1.82. The first-order valence-electron chi connectivity index (χ1n) is 6.89. The van der Waals surface area contributed by atoms with E-state index in [1.165, 1.54) is 5.56 Å². The number of benzene rings is 1. The Morgan fingerprint density at radius 1 is 1.42 bits per heavy atom.